The first-order chi connectivity index (χ1) is 9.79. The fourth-order valence-electron chi connectivity index (χ4n) is 1.65. The molecule has 0 unspecified atom stereocenters. The summed E-state index contributed by atoms with van der Waals surface area (Å²) >= 11 is 0. The quantitative estimate of drug-likeness (QED) is 0.890. The van der Waals surface area contributed by atoms with Gasteiger partial charge in [-0.25, -0.2) is 18.4 Å². The van der Waals surface area contributed by atoms with Crippen molar-refractivity contribution in [2.24, 2.45) is 5.14 Å². The van der Waals surface area contributed by atoms with Crippen LogP contribution in [0.15, 0.2) is 56.8 Å². The topological polar surface area (TPSA) is 111 Å². The van der Waals surface area contributed by atoms with E-state index in [1.54, 1.807) is 0 Å². The molecule has 2 rings (SSSR count). The number of carbonyl (C=O) groups excluding carboxylic acids is 1. The molecule has 0 bridgehead atoms. The van der Waals surface area contributed by atoms with Crippen LogP contribution in [0.25, 0.3) is 0 Å². The van der Waals surface area contributed by atoms with Gasteiger partial charge in [0.25, 0.3) is 5.91 Å². The number of carbonyl (C=O) groups is 1. The molecule has 0 fully saturated rings. The van der Waals surface area contributed by atoms with Crippen molar-refractivity contribution in [3.8, 4) is 0 Å². The number of benzene rings is 1. The molecule has 0 aliphatic heterocycles. The van der Waals surface area contributed by atoms with Crippen molar-refractivity contribution in [3.63, 3.8) is 0 Å². The molecule has 0 atom stereocenters. The summed E-state index contributed by atoms with van der Waals surface area (Å²) in [5, 5.41) is 5.00. The maximum Gasteiger partial charge on any atom is 0.335 e. The highest BCUT2D eigenvalue weighted by molar-refractivity contribution is 7.89. The lowest BCUT2D eigenvalue weighted by molar-refractivity contribution is 0.0990. The molecule has 0 saturated carbocycles. The highest BCUT2D eigenvalue weighted by Crippen LogP contribution is 2.18. The third kappa shape index (κ3) is 3.36. The van der Waals surface area contributed by atoms with Crippen LogP contribution in [0.2, 0.25) is 0 Å². The van der Waals surface area contributed by atoms with Crippen molar-refractivity contribution in [2.75, 3.05) is 11.9 Å². The fraction of sp³-hybridized carbons (Fsp3) is 0.0769. The van der Waals surface area contributed by atoms with E-state index in [9.17, 15) is 18.0 Å². The molecule has 0 spiro atoms. The molecule has 2 aromatic rings. The maximum atomic E-state index is 12.2. The molecule has 1 heterocycles. The van der Waals surface area contributed by atoms with E-state index in [0.717, 1.165) is 12.3 Å². The molecular weight excluding hydrogens is 296 g/mol. The van der Waals surface area contributed by atoms with E-state index >= 15 is 0 Å². The molecule has 1 amide bonds. The number of hydrogen-bond donors (Lipinski definition) is 1. The molecule has 7 nitrogen and oxygen atoms in total. The van der Waals surface area contributed by atoms with Crippen molar-refractivity contribution in [1.82, 2.24) is 0 Å². The average molecular weight is 308 g/mol. The van der Waals surface area contributed by atoms with Crippen LogP contribution in [-0.4, -0.2) is 21.4 Å². The predicted octanol–water partition coefficient (Wildman–Crippen LogP) is 0.564. The molecule has 0 saturated heterocycles. The smallest absolute Gasteiger partial charge is 0.335 e. The molecule has 0 aliphatic carbocycles. The maximum absolute atomic E-state index is 12.2. The van der Waals surface area contributed by atoms with Gasteiger partial charge in [-0.05, 0) is 30.3 Å². The van der Waals surface area contributed by atoms with Crippen LogP contribution in [0.1, 0.15) is 10.4 Å². The first-order valence-corrected chi connectivity index (χ1v) is 7.33. The fourth-order valence-corrected chi connectivity index (χ4v) is 2.17. The van der Waals surface area contributed by atoms with Gasteiger partial charge in [0.15, 0.2) is 0 Å². The lowest BCUT2D eigenvalue weighted by atomic mass is 10.2. The third-order valence-electron chi connectivity index (χ3n) is 2.81. The molecule has 1 aromatic heterocycles. The lowest BCUT2D eigenvalue weighted by Gasteiger charge is -2.17. The summed E-state index contributed by atoms with van der Waals surface area (Å²) in [7, 11) is -2.26. The van der Waals surface area contributed by atoms with Gasteiger partial charge >= 0.3 is 5.63 Å². The zero-order chi connectivity index (χ0) is 15.6. The minimum Gasteiger partial charge on any atom is -0.430 e. The van der Waals surface area contributed by atoms with E-state index in [-0.39, 0.29) is 10.5 Å². The Bertz CT molecular complexity index is 804. The standard InChI is InChI=1S/C13H12N2O5S/c1-15(13(17)9-2-7-12(16)20-8-9)10-3-5-11(6-4-10)21(14,18)19/h2-8H,1H3,(H2,14,18,19). The van der Waals surface area contributed by atoms with E-state index in [1.165, 1.54) is 42.3 Å². The summed E-state index contributed by atoms with van der Waals surface area (Å²) in [4.78, 5) is 24.3. The molecular formula is C13H12N2O5S. The minimum atomic E-state index is -3.78. The van der Waals surface area contributed by atoms with Crippen LogP contribution in [0.4, 0.5) is 5.69 Å². The zero-order valence-corrected chi connectivity index (χ0v) is 11.8. The van der Waals surface area contributed by atoms with Gasteiger partial charge in [-0.15, -0.1) is 0 Å². The zero-order valence-electron chi connectivity index (χ0n) is 11.0. The van der Waals surface area contributed by atoms with E-state index in [2.05, 4.69) is 4.42 Å². The van der Waals surface area contributed by atoms with Crippen molar-refractivity contribution in [3.05, 3.63) is 58.6 Å². The Labute approximate surface area is 120 Å². The number of nitrogens with zero attached hydrogens (tertiary/aromatic N) is 1. The van der Waals surface area contributed by atoms with Gasteiger partial charge in [0, 0.05) is 18.8 Å². The second kappa shape index (κ2) is 5.51. The van der Waals surface area contributed by atoms with E-state index < -0.39 is 21.6 Å². The number of anilines is 1. The highest BCUT2D eigenvalue weighted by atomic mass is 32.2. The molecule has 8 heteroatoms. The number of nitrogens with two attached hydrogens (primary N) is 1. The summed E-state index contributed by atoms with van der Waals surface area (Å²) in [6, 6.07) is 8.02. The number of primary sulfonamides is 1. The molecule has 110 valence electrons. The Morgan fingerprint density at radius 1 is 1.14 bits per heavy atom. The summed E-state index contributed by atoms with van der Waals surface area (Å²) in [6.07, 6.45) is 1.07. The highest BCUT2D eigenvalue weighted by Gasteiger charge is 2.15. The Morgan fingerprint density at radius 3 is 2.24 bits per heavy atom. The second-order valence-corrected chi connectivity index (χ2v) is 5.81. The molecule has 2 N–H and O–H groups in total. The number of sulfonamides is 1. The summed E-state index contributed by atoms with van der Waals surface area (Å²) < 4.78 is 26.9. The molecule has 0 aliphatic rings. The Hall–Kier alpha value is -2.45. The predicted molar refractivity (Wildman–Crippen MR) is 75.5 cm³/mol. The van der Waals surface area contributed by atoms with E-state index in [0.29, 0.717) is 5.69 Å². The summed E-state index contributed by atoms with van der Waals surface area (Å²) in [5.41, 5.74) is 0.123. The van der Waals surface area contributed by atoms with Crippen molar-refractivity contribution in [1.29, 1.82) is 0 Å². The lowest BCUT2D eigenvalue weighted by Crippen LogP contribution is -2.26. The van der Waals surface area contributed by atoms with Gasteiger partial charge in [-0.2, -0.15) is 0 Å². The summed E-state index contributed by atoms with van der Waals surface area (Å²) in [5.74, 6) is -0.401. The van der Waals surface area contributed by atoms with Gasteiger partial charge in [0.05, 0.1) is 10.5 Å². The van der Waals surface area contributed by atoms with Gasteiger partial charge < -0.3 is 9.32 Å². The van der Waals surface area contributed by atoms with Gasteiger partial charge in [0.1, 0.15) is 6.26 Å². The van der Waals surface area contributed by atoms with Gasteiger partial charge in [-0.3, -0.25) is 4.79 Å². The number of hydrogen-bond acceptors (Lipinski definition) is 5. The van der Waals surface area contributed by atoms with Gasteiger partial charge in [-0.1, -0.05) is 0 Å². The molecule has 1 aromatic carbocycles. The van der Waals surface area contributed by atoms with Crippen molar-refractivity contribution >= 4 is 21.6 Å². The molecule has 21 heavy (non-hydrogen) atoms. The Kier molecular flexibility index (Phi) is 3.92. The van der Waals surface area contributed by atoms with Crippen LogP contribution in [0.5, 0.6) is 0 Å². The van der Waals surface area contributed by atoms with Crippen molar-refractivity contribution < 1.29 is 17.6 Å². The summed E-state index contributed by atoms with van der Waals surface area (Å²) in [6.45, 7) is 0. The second-order valence-electron chi connectivity index (χ2n) is 4.25. The van der Waals surface area contributed by atoms with Gasteiger partial charge in [0.2, 0.25) is 10.0 Å². The van der Waals surface area contributed by atoms with Crippen LogP contribution in [0.3, 0.4) is 0 Å². The van der Waals surface area contributed by atoms with Crippen molar-refractivity contribution in [2.45, 2.75) is 4.90 Å². The minimum absolute atomic E-state index is 0.0437. The first kappa shape index (κ1) is 14.9. The molecule has 0 radical (unpaired) electrons. The SMILES string of the molecule is CN(C(=O)c1ccc(=O)oc1)c1ccc(S(N)(=O)=O)cc1. The van der Waals surface area contributed by atoms with Crippen LogP contribution in [-0.2, 0) is 10.0 Å². The Balaban J connectivity index is 2.27. The third-order valence-corrected chi connectivity index (χ3v) is 3.73. The van der Waals surface area contributed by atoms with Crippen LogP contribution < -0.4 is 15.7 Å². The number of amides is 1. The average Bonchev–Trinajstić information content (AvgIpc) is 2.46. The van der Waals surface area contributed by atoms with E-state index in [1.807, 2.05) is 0 Å². The monoisotopic (exact) mass is 308 g/mol. The largest absolute Gasteiger partial charge is 0.430 e. The normalized spacial score (nSPS) is 11.1. The van der Waals surface area contributed by atoms with Crippen LogP contribution in [0, 0.1) is 0 Å². The van der Waals surface area contributed by atoms with E-state index in [4.69, 9.17) is 5.14 Å². The Morgan fingerprint density at radius 2 is 1.76 bits per heavy atom. The van der Waals surface area contributed by atoms with Crippen LogP contribution >= 0.6 is 0 Å². The first-order valence-electron chi connectivity index (χ1n) is 5.79. The number of rotatable bonds is 3.